The van der Waals surface area contributed by atoms with Crippen LogP contribution in [0.4, 0.5) is 18.9 Å². The molecular formula is C13H12F3N3O2. The summed E-state index contributed by atoms with van der Waals surface area (Å²) in [6.07, 6.45) is -4.39. The Morgan fingerprint density at radius 2 is 1.90 bits per heavy atom. The first kappa shape index (κ1) is 14.9. The summed E-state index contributed by atoms with van der Waals surface area (Å²) in [5.74, 6) is -0.194. The first-order chi connectivity index (χ1) is 9.77. The molecule has 8 heteroatoms. The molecule has 1 aromatic carbocycles. The number of aryl methyl sites for hydroxylation is 1. The molecule has 0 aliphatic carbocycles. The third kappa shape index (κ3) is 3.53. The molecule has 1 aromatic heterocycles. The minimum absolute atomic E-state index is 0.0829. The molecule has 0 aliphatic heterocycles. The van der Waals surface area contributed by atoms with Crippen LogP contribution in [-0.4, -0.2) is 15.1 Å². The fraction of sp³-hybridized carbons (Fsp3) is 0.231. The minimum Gasteiger partial charge on any atom is -0.492 e. The van der Waals surface area contributed by atoms with Crippen molar-refractivity contribution in [1.82, 2.24) is 9.97 Å². The van der Waals surface area contributed by atoms with Gasteiger partial charge in [0.05, 0.1) is 5.56 Å². The molecule has 2 rings (SSSR count). The molecule has 5 nitrogen and oxygen atoms in total. The van der Waals surface area contributed by atoms with Gasteiger partial charge in [0.25, 0.3) is 5.56 Å². The number of aromatic hydroxyl groups is 1. The molecule has 21 heavy (non-hydrogen) atoms. The summed E-state index contributed by atoms with van der Waals surface area (Å²) < 4.78 is 37.2. The van der Waals surface area contributed by atoms with Crippen molar-refractivity contribution in [2.75, 3.05) is 5.32 Å². The number of H-pyrrole nitrogens is 1. The van der Waals surface area contributed by atoms with Crippen molar-refractivity contribution in [3.63, 3.8) is 0 Å². The Morgan fingerprint density at radius 3 is 2.43 bits per heavy atom. The number of aromatic nitrogens is 2. The van der Waals surface area contributed by atoms with E-state index in [9.17, 15) is 23.1 Å². The maximum Gasteiger partial charge on any atom is 0.416 e. The van der Waals surface area contributed by atoms with Crippen molar-refractivity contribution in [1.29, 1.82) is 0 Å². The van der Waals surface area contributed by atoms with Gasteiger partial charge in [-0.25, -0.2) is 0 Å². The van der Waals surface area contributed by atoms with Crippen molar-refractivity contribution < 1.29 is 18.3 Å². The maximum absolute atomic E-state index is 12.4. The minimum atomic E-state index is -4.39. The van der Waals surface area contributed by atoms with Crippen LogP contribution in [0.25, 0.3) is 0 Å². The van der Waals surface area contributed by atoms with Crippen LogP contribution in [0.1, 0.15) is 17.0 Å². The SMILES string of the molecule is Cc1nc(O)c(NCc2ccc(C(F)(F)F)cc2)c(=O)[nH]1. The monoisotopic (exact) mass is 299 g/mol. The van der Waals surface area contributed by atoms with Gasteiger partial charge in [0.2, 0.25) is 5.88 Å². The predicted octanol–water partition coefficient (Wildman–Crippen LogP) is 2.41. The molecule has 112 valence electrons. The molecule has 0 radical (unpaired) electrons. The van der Waals surface area contributed by atoms with Crippen molar-refractivity contribution in [2.24, 2.45) is 0 Å². The van der Waals surface area contributed by atoms with Crippen LogP contribution in [-0.2, 0) is 12.7 Å². The topological polar surface area (TPSA) is 78.0 Å². The average molecular weight is 299 g/mol. The average Bonchev–Trinajstić information content (AvgIpc) is 2.37. The number of nitrogens with zero attached hydrogens (tertiary/aromatic N) is 1. The molecule has 0 amide bonds. The zero-order valence-corrected chi connectivity index (χ0v) is 11.0. The summed E-state index contributed by atoms with van der Waals surface area (Å²) in [6.45, 7) is 1.60. The summed E-state index contributed by atoms with van der Waals surface area (Å²) in [7, 11) is 0. The van der Waals surface area contributed by atoms with E-state index in [-0.39, 0.29) is 18.1 Å². The fourth-order valence-electron chi connectivity index (χ4n) is 1.73. The number of anilines is 1. The molecular weight excluding hydrogens is 287 g/mol. The Balaban J connectivity index is 2.12. The second-order valence-corrected chi connectivity index (χ2v) is 4.40. The van der Waals surface area contributed by atoms with E-state index in [2.05, 4.69) is 15.3 Å². The van der Waals surface area contributed by atoms with E-state index in [4.69, 9.17) is 0 Å². The van der Waals surface area contributed by atoms with Crippen LogP contribution < -0.4 is 10.9 Å². The standard InChI is InChI=1S/C13H12F3N3O2/c1-7-18-11(20)10(12(21)19-7)17-6-8-2-4-9(5-3-8)13(14,15)16/h2-5,17H,6H2,1H3,(H2,18,19,20,21). The molecule has 0 spiro atoms. The van der Waals surface area contributed by atoms with Gasteiger partial charge in [-0.05, 0) is 24.6 Å². The number of benzene rings is 1. The van der Waals surface area contributed by atoms with Crippen LogP contribution in [0, 0.1) is 6.92 Å². The number of halogens is 3. The second-order valence-electron chi connectivity index (χ2n) is 4.40. The van der Waals surface area contributed by atoms with Gasteiger partial charge in [0, 0.05) is 6.54 Å². The number of hydrogen-bond acceptors (Lipinski definition) is 4. The summed E-state index contributed by atoms with van der Waals surface area (Å²) >= 11 is 0. The largest absolute Gasteiger partial charge is 0.492 e. The van der Waals surface area contributed by atoms with Crippen LogP contribution >= 0.6 is 0 Å². The van der Waals surface area contributed by atoms with Gasteiger partial charge in [-0.1, -0.05) is 12.1 Å². The van der Waals surface area contributed by atoms with E-state index in [1.807, 2.05) is 0 Å². The maximum atomic E-state index is 12.4. The molecule has 0 bridgehead atoms. The lowest BCUT2D eigenvalue weighted by Gasteiger charge is -2.09. The second kappa shape index (κ2) is 5.47. The summed E-state index contributed by atoms with van der Waals surface area (Å²) in [5, 5.41) is 12.2. The van der Waals surface area contributed by atoms with Crippen molar-refractivity contribution in [3.8, 4) is 5.88 Å². The van der Waals surface area contributed by atoms with Crippen molar-refractivity contribution in [3.05, 3.63) is 51.6 Å². The Hall–Kier alpha value is -2.51. The molecule has 1 heterocycles. The van der Waals surface area contributed by atoms with Gasteiger partial charge in [-0.15, -0.1) is 0 Å². The van der Waals surface area contributed by atoms with E-state index in [1.165, 1.54) is 19.1 Å². The molecule has 0 saturated heterocycles. The molecule has 3 N–H and O–H groups in total. The normalized spacial score (nSPS) is 11.4. The third-order valence-corrected chi connectivity index (χ3v) is 2.77. The highest BCUT2D eigenvalue weighted by molar-refractivity contribution is 5.50. The fourth-order valence-corrected chi connectivity index (χ4v) is 1.73. The zero-order chi connectivity index (χ0) is 15.6. The van der Waals surface area contributed by atoms with Gasteiger partial charge in [-0.2, -0.15) is 18.2 Å². The first-order valence-corrected chi connectivity index (χ1v) is 5.97. The van der Waals surface area contributed by atoms with Crippen LogP contribution in [0.15, 0.2) is 29.1 Å². The van der Waals surface area contributed by atoms with Gasteiger partial charge in [0.15, 0.2) is 5.69 Å². The smallest absolute Gasteiger partial charge is 0.416 e. The molecule has 0 atom stereocenters. The molecule has 0 saturated carbocycles. The van der Waals surface area contributed by atoms with Crippen LogP contribution in [0.5, 0.6) is 5.88 Å². The Bertz CT molecular complexity index is 693. The number of aromatic amines is 1. The Morgan fingerprint density at radius 1 is 1.29 bits per heavy atom. The molecule has 0 fully saturated rings. The lowest BCUT2D eigenvalue weighted by Crippen LogP contribution is -2.16. The highest BCUT2D eigenvalue weighted by Crippen LogP contribution is 2.29. The lowest BCUT2D eigenvalue weighted by molar-refractivity contribution is -0.137. The van der Waals surface area contributed by atoms with Crippen molar-refractivity contribution >= 4 is 5.69 Å². The first-order valence-electron chi connectivity index (χ1n) is 5.97. The van der Waals surface area contributed by atoms with Gasteiger partial charge >= 0.3 is 6.18 Å². The predicted molar refractivity (Wildman–Crippen MR) is 70.0 cm³/mol. The quantitative estimate of drug-likeness (QED) is 0.813. The summed E-state index contributed by atoms with van der Waals surface area (Å²) in [4.78, 5) is 17.7. The number of rotatable bonds is 3. The molecule has 2 aromatic rings. The van der Waals surface area contributed by atoms with E-state index < -0.39 is 23.2 Å². The number of alkyl halides is 3. The highest BCUT2D eigenvalue weighted by Gasteiger charge is 2.29. The number of nitrogens with one attached hydrogen (secondary N) is 2. The lowest BCUT2D eigenvalue weighted by atomic mass is 10.1. The molecule has 0 aliphatic rings. The van der Waals surface area contributed by atoms with Crippen molar-refractivity contribution in [2.45, 2.75) is 19.6 Å². The summed E-state index contributed by atoms with van der Waals surface area (Å²) in [6, 6.07) is 4.49. The summed E-state index contributed by atoms with van der Waals surface area (Å²) in [5.41, 5.74) is -0.890. The highest BCUT2D eigenvalue weighted by atomic mass is 19.4. The number of hydrogen-bond donors (Lipinski definition) is 3. The van der Waals surface area contributed by atoms with Crippen LogP contribution in [0.2, 0.25) is 0 Å². The Labute approximate surface area is 117 Å². The Kier molecular flexibility index (Phi) is 3.88. The third-order valence-electron chi connectivity index (χ3n) is 2.77. The van der Waals surface area contributed by atoms with Gasteiger partial charge in [0.1, 0.15) is 5.82 Å². The van der Waals surface area contributed by atoms with E-state index in [1.54, 1.807) is 0 Å². The molecule has 0 unspecified atom stereocenters. The zero-order valence-electron chi connectivity index (χ0n) is 11.0. The van der Waals surface area contributed by atoms with E-state index in [0.29, 0.717) is 5.56 Å². The van der Waals surface area contributed by atoms with E-state index in [0.717, 1.165) is 12.1 Å². The van der Waals surface area contributed by atoms with Crippen LogP contribution in [0.3, 0.4) is 0 Å². The van der Waals surface area contributed by atoms with Gasteiger partial charge < -0.3 is 15.4 Å². The van der Waals surface area contributed by atoms with E-state index >= 15 is 0 Å². The van der Waals surface area contributed by atoms with Gasteiger partial charge in [-0.3, -0.25) is 4.79 Å².